The Bertz CT molecular complexity index is 141. The van der Waals surface area contributed by atoms with Gasteiger partial charge in [-0.15, -0.1) is 13.3 Å². The average molecular weight is 291 g/mol. The first-order valence-electron chi connectivity index (χ1n) is 2.53. The van der Waals surface area contributed by atoms with E-state index in [1.807, 2.05) is 0 Å². The topological polar surface area (TPSA) is 0 Å². The van der Waals surface area contributed by atoms with Crippen LogP contribution in [-0.2, 0) is 26.2 Å². The van der Waals surface area contributed by atoms with Gasteiger partial charge in [0.25, 0.3) is 0 Å². The maximum Gasteiger partial charge on any atom is 4.00 e. The fourth-order valence-electron chi connectivity index (χ4n) is 0.620. The van der Waals surface area contributed by atoms with Crippen molar-refractivity contribution < 1.29 is 63.4 Å². The molecule has 0 radical (unpaired) electrons. The minimum Gasteiger partial charge on any atom is -1.00 e. The summed E-state index contributed by atoms with van der Waals surface area (Å²) in [6, 6.07) is 0. The molecule has 0 aromatic carbocycles. The summed E-state index contributed by atoms with van der Waals surface area (Å²) in [5, 5.41) is 0. The molecule has 0 atom stereocenters. The second-order valence-corrected chi connectivity index (χ2v) is 1.99. The Balaban J connectivity index is -0.0000000612. The van der Waals surface area contributed by atoms with Crippen LogP contribution in [-0.4, -0.2) is 0 Å². The van der Waals surface area contributed by atoms with Crippen molar-refractivity contribution in [2.45, 2.75) is 20.3 Å². The van der Waals surface area contributed by atoms with Gasteiger partial charge in [0.05, 0.1) is 0 Å². The summed E-state index contributed by atoms with van der Waals surface area (Å²) in [5.74, 6) is 0. The summed E-state index contributed by atoms with van der Waals surface area (Å²) < 4.78 is 0. The Hall–Kier alpha value is 1.23. The Morgan fingerprint density at radius 3 is 1.73 bits per heavy atom. The molecule has 0 aromatic rings. The summed E-state index contributed by atoms with van der Waals surface area (Å²) >= 11 is 0. The molecule has 0 fully saturated rings. The molecule has 1 rings (SSSR count). The van der Waals surface area contributed by atoms with Crippen molar-refractivity contribution in [3.63, 3.8) is 0 Å². The van der Waals surface area contributed by atoms with E-state index in [4.69, 9.17) is 0 Å². The average Bonchev–Trinajstić information content (AvgIpc) is 1.91. The Morgan fingerprint density at radius 1 is 1.18 bits per heavy atom. The van der Waals surface area contributed by atoms with Crippen molar-refractivity contribution in [2.24, 2.45) is 0 Å². The van der Waals surface area contributed by atoms with Crippen molar-refractivity contribution in [3.8, 4) is 0 Å². The maximum atomic E-state index is 3.12. The number of hydrogen-bond donors (Lipinski definition) is 0. The Labute approximate surface area is 106 Å². The predicted octanol–water partition coefficient (Wildman–Crippen LogP) is -6.90. The first kappa shape index (κ1) is 22.8. The molecule has 0 spiro atoms. The van der Waals surface area contributed by atoms with E-state index in [1.54, 1.807) is 0 Å². The van der Waals surface area contributed by atoms with Crippen LogP contribution in [0.25, 0.3) is 0 Å². The van der Waals surface area contributed by atoms with Gasteiger partial charge in [0, 0.05) is 0 Å². The van der Waals surface area contributed by atoms with Gasteiger partial charge in [-0.25, -0.2) is 11.6 Å². The van der Waals surface area contributed by atoms with Gasteiger partial charge in [0.2, 0.25) is 0 Å². The monoisotopic (exact) mass is 288 g/mol. The van der Waals surface area contributed by atoms with Gasteiger partial charge in [-0.05, 0) is 0 Å². The van der Waals surface area contributed by atoms with Crippen LogP contribution >= 0.6 is 0 Å². The standard InChI is InChI=1S/C7H9.3ClH.Zr/c1-6-4-3-5-7(6)2;;;;/h4H,5H2,1-2H3;3*1H;/q-1;;;;+4/p-3. The third kappa shape index (κ3) is 7.59. The fourth-order valence-corrected chi connectivity index (χ4v) is 0.620. The zero-order valence-electron chi connectivity index (χ0n) is 6.42. The van der Waals surface area contributed by atoms with Crippen LogP contribution < -0.4 is 37.2 Å². The number of hydrogen-bond acceptors (Lipinski definition) is 0. The van der Waals surface area contributed by atoms with Gasteiger partial charge >= 0.3 is 26.2 Å². The first-order valence-corrected chi connectivity index (χ1v) is 2.53. The molecule has 0 heterocycles. The summed E-state index contributed by atoms with van der Waals surface area (Å²) in [7, 11) is 0. The van der Waals surface area contributed by atoms with Crippen LogP contribution in [0.2, 0.25) is 0 Å². The third-order valence-corrected chi connectivity index (χ3v) is 1.36. The van der Waals surface area contributed by atoms with Gasteiger partial charge in [-0.3, -0.25) is 6.08 Å². The summed E-state index contributed by atoms with van der Waals surface area (Å²) in [5.41, 5.74) is 2.85. The van der Waals surface area contributed by atoms with Crippen LogP contribution in [0.15, 0.2) is 17.2 Å². The molecule has 0 nitrogen and oxygen atoms in total. The first-order chi connectivity index (χ1) is 3.30. The molecule has 4 heteroatoms. The molecule has 11 heavy (non-hydrogen) atoms. The van der Waals surface area contributed by atoms with Crippen LogP contribution in [0, 0.1) is 6.08 Å². The summed E-state index contributed by atoms with van der Waals surface area (Å²) in [6.45, 7) is 4.27. The predicted molar refractivity (Wildman–Crippen MR) is 30.8 cm³/mol. The largest absolute Gasteiger partial charge is 4.00 e. The van der Waals surface area contributed by atoms with E-state index in [0.29, 0.717) is 0 Å². The van der Waals surface area contributed by atoms with Crippen molar-refractivity contribution in [3.05, 3.63) is 23.3 Å². The summed E-state index contributed by atoms with van der Waals surface area (Å²) in [4.78, 5) is 0. The molecular formula is C7H9Cl3Zr. The van der Waals surface area contributed by atoms with Crippen molar-refractivity contribution in [2.75, 3.05) is 0 Å². The van der Waals surface area contributed by atoms with Gasteiger partial charge in [-0.2, -0.15) is 5.57 Å². The second-order valence-electron chi connectivity index (χ2n) is 1.99. The van der Waals surface area contributed by atoms with Gasteiger partial charge in [0.15, 0.2) is 0 Å². The minimum absolute atomic E-state index is 0. The minimum atomic E-state index is 0. The number of rotatable bonds is 0. The Kier molecular flexibility index (Phi) is 23.3. The number of allylic oxidation sites excluding steroid dienone is 4. The van der Waals surface area contributed by atoms with E-state index in [1.165, 1.54) is 11.1 Å². The molecule has 0 N–H and O–H groups in total. The normalized spacial score (nSPS) is 12.2. The van der Waals surface area contributed by atoms with Crippen LogP contribution in [0.5, 0.6) is 0 Å². The van der Waals surface area contributed by atoms with E-state index in [-0.39, 0.29) is 63.4 Å². The molecule has 1 aliphatic carbocycles. The van der Waals surface area contributed by atoms with Gasteiger partial charge in [0.1, 0.15) is 0 Å². The maximum absolute atomic E-state index is 3.12. The molecule has 0 saturated carbocycles. The van der Waals surface area contributed by atoms with Gasteiger partial charge in [-0.1, -0.05) is 6.92 Å². The Morgan fingerprint density at radius 2 is 1.64 bits per heavy atom. The second kappa shape index (κ2) is 11.2. The van der Waals surface area contributed by atoms with Crippen molar-refractivity contribution >= 4 is 0 Å². The van der Waals surface area contributed by atoms with E-state index in [9.17, 15) is 0 Å². The molecule has 1 aliphatic rings. The van der Waals surface area contributed by atoms with Gasteiger partial charge < -0.3 is 37.2 Å². The van der Waals surface area contributed by atoms with Crippen LogP contribution in [0.3, 0.4) is 0 Å². The molecule has 0 aliphatic heterocycles. The van der Waals surface area contributed by atoms with E-state index < -0.39 is 0 Å². The quantitative estimate of drug-likeness (QED) is 0.389. The summed E-state index contributed by atoms with van der Waals surface area (Å²) in [6.07, 6.45) is 6.22. The van der Waals surface area contributed by atoms with E-state index >= 15 is 0 Å². The van der Waals surface area contributed by atoms with Crippen LogP contribution in [0.1, 0.15) is 20.3 Å². The van der Waals surface area contributed by atoms with Crippen molar-refractivity contribution in [1.82, 2.24) is 0 Å². The molecule has 0 bridgehead atoms. The molecule has 0 aromatic heterocycles. The van der Waals surface area contributed by atoms with Crippen molar-refractivity contribution in [1.29, 1.82) is 0 Å². The van der Waals surface area contributed by atoms with Crippen LogP contribution in [0.4, 0.5) is 0 Å². The molecule has 0 unspecified atom stereocenters. The fraction of sp³-hybridized carbons (Fsp3) is 0.429. The van der Waals surface area contributed by atoms with E-state index in [2.05, 4.69) is 26.0 Å². The smallest absolute Gasteiger partial charge is 1.00 e. The molecule has 0 saturated heterocycles. The van der Waals surface area contributed by atoms with E-state index in [0.717, 1.165) is 6.42 Å². The molecule has 0 amide bonds. The third-order valence-electron chi connectivity index (χ3n) is 1.36. The number of halogens is 3. The zero-order chi connectivity index (χ0) is 5.28. The SMILES string of the molecule is CC1=C(C)C[C-]=C1.[Cl-].[Cl-].[Cl-].[Zr+4]. The zero-order valence-corrected chi connectivity index (χ0v) is 11.1. The molecule has 62 valence electrons. The molecular weight excluding hydrogens is 282 g/mol.